The molecular weight excluding hydrogens is 404 g/mol. The summed E-state index contributed by atoms with van der Waals surface area (Å²) in [6.07, 6.45) is 2.38. The van der Waals surface area contributed by atoms with Crippen molar-refractivity contribution in [2.75, 3.05) is 11.6 Å². The standard InChI is InChI=1S/C18H16N2O6S2/c1-27(23,24)14-7-3-12(4-8-14)19-17(21)11-2-9-15-16(10-11)28(25,26)20(18(15)22)13-5-6-13/h2-4,7-10,13H,5-6H2,1H3,(H,19,21). The molecule has 0 saturated heterocycles. The molecule has 0 unspecified atom stereocenters. The van der Waals surface area contributed by atoms with E-state index in [1.165, 1.54) is 42.5 Å². The number of hydrogen-bond donors (Lipinski definition) is 1. The zero-order chi connectivity index (χ0) is 20.3. The Kier molecular flexibility index (Phi) is 4.09. The van der Waals surface area contributed by atoms with E-state index in [0.29, 0.717) is 18.5 Å². The Morgan fingerprint density at radius 2 is 1.75 bits per heavy atom. The molecule has 8 nitrogen and oxygen atoms in total. The van der Waals surface area contributed by atoms with Crippen molar-refractivity contribution >= 4 is 37.4 Å². The highest BCUT2D eigenvalue weighted by Gasteiger charge is 2.48. The number of hydrogen-bond acceptors (Lipinski definition) is 6. The molecule has 1 aliphatic heterocycles. The van der Waals surface area contributed by atoms with Crippen LogP contribution in [0.1, 0.15) is 33.6 Å². The normalized spacial score (nSPS) is 18.0. The number of carbonyl (C=O) groups is 2. The van der Waals surface area contributed by atoms with E-state index < -0.39 is 31.7 Å². The van der Waals surface area contributed by atoms with Crippen LogP contribution in [0, 0.1) is 0 Å². The predicted molar refractivity (Wildman–Crippen MR) is 100 cm³/mol. The van der Waals surface area contributed by atoms with Gasteiger partial charge in [-0.1, -0.05) is 0 Å². The number of carbonyl (C=O) groups excluding carboxylic acids is 2. The van der Waals surface area contributed by atoms with Crippen LogP contribution in [0.3, 0.4) is 0 Å². The average molecular weight is 420 g/mol. The van der Waals surface area contributed by atoms with Crippen LogP contribution in [0.15, 0.2) is 52.3 Å². The van der Waals surface area contributed by atoms with E-state index in [2.05, 4.69) is 5.32 Å². The second-order valence-electron chi connectivity index (χ2n) is 6.80. The summed E-state index contributed by atoms with van der Waals surface area (Å²) >= 11 is 0. The van der Waals surface area contributed by atoms with E-state index in [9.17, 15) is 26.4 Å². The van der Waals surface area contributed by atoms with Crippen molar-refractivity contribution in [1.82, 2.24) is 4.31 Å². The lowest BCUT2D eigenvalue weighted by Crippen LogP contribution is -2.31. The van der Waals surface area contributed by atoms with Gasteiger partial charge in [-0.3, -0.25) is 9.59 Å². The number of benzene rings is 2. The molecule has 1 fully saturated rings. The molecule has 146 valence electrons. The second kappa shape index (κ2) is 6.14. The first-order valence-corrected chi connectivity index (χ1v) is 11.8. The van der Waals surface area contributed by atoms with Gasteiger partial charge in [0.25, 0.3) is 21.8 Å². The van der Waals surface area contributed by atoms with Gasteiger partial charge in [-0.05, 0) is 55.3 Å². The third-order valence-electron chi connectivity index (χ3n) is 4.63. The molecule has 1 saturated carbocycles. The number of rotatable bonds is 4. The van der Waals surface area contributed by atoms with Gasteiger partial charge in [0.1, 0.15) is 4.90 Å². The van der Waals surface area contributed by atoms with E-state index in [1.807, 2.05) is 0 Å². The fourth-order valence-electron chi connectivity index (χ4n) is 3.05. The minimum atomic E-state index is -3.95. The summed E-state index contributed by atoms with van der Waals surface area (Å²) in [5.74, 6) is -1.12. The fourth-order valence-corrected chi connectivity index (χ4v) is 5.52. The first-order chi connectivity index (χ1) is 13.1. The Hall–Kier alpha value is -2.72. The first kappa shape index (κ1) is 18.6. The molecule has 2 aromatic carbocycles. The topological polar surface area (TPSA) is 118 Å². The lowest BCUT2D eigenvalue weighted by Gasteiger charge is -2.13. The van der Waals surface area contributed by atoms with E-state index in [4.69, 9.17) is 0 Å². The molecule has 2 aliphatic rings. The van der Waals surface area contributed by atoms with E-state index in [1.54, 1.807) is 0 Å². The average Bonchev–Trinajstić information content (AvgIpc) is 3.42. The quantitative estimate of drug-likeness (QED) is 0.804. The molecule has 0 radical (unpaired) electrons. The Labute approximate surface area is 162 Å². The highest BCUT2D eigenvalue weighted by molar-refractivity contribution is 7.90. The number of sulfone groups is 1. The molecule has 1 N–H and O–H groups in total. The Bertz CT molecular complexity index is 1210. The molecule has 0 aromatic heterocycles. The van der Waals surface area contributed by atoms with Gasteiger partial charge in [0.2, 0.25) is 0 Å². The second-order valence-corrected chi connectivity index (χ2v) is 10.6. The number of nitrogens with zero attached hydrogens (tertiary/aromatic N) is 1. The number of fused-ring (bicyclic) bond motifs is 1. The Morgan fingerprint density at radius 1 is 1.11 bits per heavy atom. The van der Waals surface area contributed by atoms with Gasteiger partial charge in [-0.2, -0.15) is 0 Å². The molecule has 4 rings (SSSR count). The summed E-state index contributed by atoms with van der Waals surface area (Å²) in [5, 5.41) is 2.59. The van der Waals surface area contributed by atoms with Crippen LogP contribution in [-0.2, 0) is 19.9 Å². The summed E-state index contributed by atoms with van der Waals surface area (Å²) in [6, 6.07) is 9.26. The van der Waals surface area contributed by atoms with Crippen molar-refractivity contribution in [2.45, 2.75) is 28.7 Å². The smallest absolute Gasteiger partial charge is 0.269 e. The first-order valence-electron chi connectivity index (χ1n) is 8.43. The number of anilines is 1. The van der Waals surface area contributed by atoms with Gasteiger partial charge in [-0.15, -0.1) is 0 Å². The minimum absolute atomic E-state index is 0.0703. The van der Waals surface area contributed by atoms with Crippen LogP contribution in [0.4, 0.5) is 5.69 Å². The van der Waals surface area contributed by atoms with E-state index in [0.717, 1.165) is 10.6 Å². The zero-order valence-corrected chi connectivity index (χ0v) is 16.4. The van der Waals surface area contributed by atoms with Crippen molar-refractivity contribution in [3.05, 3.63) is 53.6 Å². The molecule has 0 atom stereocenters. The molecule has 0 bridgehead atoms. The van der Waals surface area contributed by atoms with E-state index in [-0.39, 0.29) is 27.0 Å². The lowest BCUT2D eigenvalue weighted by atomic mass is 10.1. The lowest BCUT2D eigenvalue weighted by molar-refractivity contribution is 0.0864. The molecular formula is C18H16N2O6S2. The summed E-state index contributed by atoms with van der Waals surface area (Å²) < 4.78 is 49.2. The third kappa shape index (κ3) is 3.08. The Morgan fingerprint density at radius 3 is 2.32 bits per heavy atom. The third-order valence-corrected chi connectivity index (χ3v) is 7.63. The SMILES string of the molecule is CS(=O)(=O)c1ccc(NC(=O)c2ccc3c(c2)S(=O)(=O)N(C2CC2)C3=O)cc1. The summed E-state index contributed by atoms with van der Waals surface area (Å²) in [7, 11) is -7.29. The van der Waals surface area contributed by atoms with Crippen molar-refractivity contribution in [1.29, 1.82) is 0 Å². The molecule has 1 aliphatic carbocycles. The van der Waals surface area contributed by atoms with Gasteiger partial charge in [0.05, 0.1) is 10.5 Å². The van der Waals surface area contributed by atoms with Crippen LogP contribution in [0.5, 0.6) is 0 Å². The maximum atomic E-state index is 12.7. The van der Waals surface area contributed by atoms with Crippen LogP contribution in [-0.4, -0.2) is 45.3 Å². The van der Waals surface area contributed by atoms with Gasteiger partial charge in [-0.25, -0.2) is 21.1 Å². The molecule has 1 heterocycles. The predicted octanol–water partition coefficient (Wildman–Crippen LogP) is 1.65. The highest BCUT2D eigenvalue weighted by Crippen LogP contribution is 2.39. The molecule has 2 amide bonds. The van der Waals surface area contributed by atoms with Crippen molar-refractivity contribution < 1.29 is 26.4 Å². The van der Waals surface area contributed by atoms with Gasteiger partial charge >= 0.3 is 0 Å². The van der Waals surface area contributed by atoms with Crippen LogP contribution in [0.25, 0.3) is 0 Å². The van der Waals surface area contributed by atoms with Crippen LogP contribution < -0.4 is 5.32 Å². The largest absolute Gasteiger partial charge is 0.322 e. The molecule has 10 heteroatoms. The van der Waals surface area contributed by atoms with E-state index >= 15 is 0 Å². The van der Waals surface area contributed by atoms with Crippen LogP contribution >= 0.6 is 0 Å². The monoisotopic (exact) mass is 420 g/mol. The molecule has 0 spiro atoms. The summed E-state index contributed by atoms with van der Waals surface area (Å²) in [5.41, 5.74) is 0.511. The summed E-state index contributed by atoms with van der Waals surface area (Å²) in [6.45, 7) is 0. The highest BCUT2D eigenvalue weighted by atomic mass is 32.2. The number of nitrogens with one attached hydrogen (secondary N) is 1. The summed E-state index contributed by atoms with van der Waals surface area (Å²) in [4.78, 5) is 24.8. The van der Waals surface area contributed by atoms with Crippen molar-refractivity contribution in [2.24, 2.45) is 0 Å². The molecule has 28 heavy (non-hydrogen) atoms. The van der Waals surface area contributed by atoms with Crippen molar-refractivity contribution in [3.63, 3.8) is 0 Å². The fraction of sp³-hybridized carbons (Fsp3) is 0.222. The maximum absolute atomic E-state index is 12.7. The van der Waals surface area contributed by atoms with Gasteiger partial charge < -0.3 is 5.32 Å². The minimum Gasteiger partial charge on any atom is -0.322 e. The van der Waals surface area contributed by atoms with Crippen LogP contribution in [0.2, 0.25) is 0 Å². The van der Waals surface area contributed by atoms with Gasteiger partial charge in [0, 0.05) is 23.5 Å². The Balaban J connectivity index is 1.61. The van der Waals surface area contributed by atoms with Crippen molar-refractivity contribution in [3.8, 4) is 0 Å². The zero-order valence-electron chi connectivity index (χ0n) is 14.7. The van der Waals surface area contributed by atoms with Gasteiger partial charge in [0.15, 0.2) is 9.84 Å². The number of amides is 2. The number of sulfonamides is 1. The maximum Gasteiger partial charge on any atom is 0.269 e. The molecule has 2 aromatic rings.